The largest absolute Gasteiger partial charge is 0.372 e. The van der Waals surface area contributed by atoms with E-state index in [-0.39, 0.29) is 24.2 Å². The molecule has 1 aromatic rings. The summed E-state index contributed by atoms with van der Waals surface area (Å²) in [7, 11) is 0. The van der Waals surface area contributed by atoms with Crippen molar-refractivity contribution in [3.8, 4) is 0 Å². The van der Waals surface area contributed by atoms with Crippen LogP contribution in [0, 0.1) is 6.92 Å². The molecule has 1 N–H and O–H groups in total. The van der Waals surface area contributed by atoms with Gasteiger partial charge in [-0.2, -0.15) is 0 Å². The van der Waals surface area contributed by atoms with Crippen LogP contribution in [0.1, 0.15) is 32.4 Å². The second-order valence-electron chi connectivity index (χ2n) is 7.30. The first-order valence-electron chi connectivity index (χ1n) is 9.21. The SMILES string of the molecule is Cc1ccnc(NC2CCCN(CC(=O)N3CC(C)OC(C)C3)C2)n1. The predicted octanol–water partition coefficient (Wildman–Crippen LogP) is 1.30. The summed E-state index contributed by atoms with van der Waals surface area (Å²) in [5.41, 5.74) is 0.955. The van der Waals surface area contributed by atoms with E-state index in [1.807, 2.05) is 31.7 Å². The lowest BCUT2D eigenvalue weighted by atomic mass is 10.1. The summed E-state index contributed by atoms with van der Waals surface area (Å²) in [6, 6.07) is 2.17. The van der Waals surface area contributed by atoms with Crippen LogP contribution in [0.3, 0.4) is 0 Å². The van der Waals surface area contributed by atoms with Crippen molar-refractivity contribution >= 4 is 11.9 Å². The van der Waals surface area contributed by atoms with Crippen molar-refractivity contribution in [2.45, 2.75) is 51.9 Å². The van der Waals surface area contributed by atoms with Gasteiger partial charge in [0.2, 0.25) is 11.9 Å². The van der Waals surface area contributed by atoms with Gasteiger partial charge in [-0.3, -0.25) is 9.69 Å². The van der Waals surface area contributed by atoms with Crippen molar-refractivity contribution in [2.24, 2.45) is 0 Å². The molecule has 2 saturated heterocycles. The van der Waals surface area contributed by atoms with E-state index in [1.165, 1.54) is 0 Å². The summed E-state index contributed by atoms with van der Waals surface area (Å²) >= 11 is 0. The highest BCUT2D eigenvalue weighted by atomic mass is 16.5. The molecule has 2 aliphatic rings. The number of nitrogens with one attached hydrogen (secondary N) is 1. The molecule has 2 fully saturated rings. The van der Waals surface area contributed by atoms with Crippen molar-refractivity contribution in [2.75, 3.05) is 38.0 Å². The van der Waals surface area contributed by atoms with Crippen molar-refractivity contribution in [1.82, 2.24) is 19.8 Å². The molecule has 3 heterocycles. The van der Waals surface area contributed by atoms with E-state index in [4.69, 9.17) is 4.74 Å². The van der Waals surface area contributed by atoms with Crippen molar-refractivity contribution in [3.05, 3.63) is 18.0 Å². The monoisotopic (exact) mass is 347 g/mol. The zero-order chi connectivity index (χ0) is 17.8. The highest BCUT2D eigenvalue weighted by Crippen LogP contribution is 2.15. The van der Waals surface area contributed by atoms with Crippen LogP contribution >= 0.6 is 0 Å². The second-order valence-corrected chi connectivity index (χ2v) is 7.30. The predicted molar refractivity (Wildman–Crippen MR) is 96.4 cm³/mol. The Labute approximate surface area is 149 Å². The Kier molecular flexibility index (Phi) is 5.86. The standard InChI is InChI=1S/C18H29N5O2/c1-13-6-7-19-18(20-13)21-16-5-4-8-22(11-16)12-17(24)23-9-14(2)25-15(3)10-23/h6-7,14-16H,4-5,8-12H2,1-3H3,(H,19,20,21). The fraction of sp³-hybridized carbons (Fsp3) is 0.722. The first-order chi connectivity index (χ1) is 12.0. The Morgan fingerprint density at radius 1 is 1.32 bits per heavy atom. The molecule has 3 unspecified atom stereocenters. The van der Waals surface area contributed by atoms with E-state index in [1.54, 1.807) is 6.20 Å². The minimum Gasteiger partial charge on any atom is -0.372 e. The molecule has 138 valence electrons. The molecule has 0 spiro atoms. The summed E-state index contributed by atoms with van der Waals surface area (Å²) < 4.78 is 5.72. The number of rotatable bonds is 4. The molecule has 25 heavy (non-hydrogen) atoms. The van der Waals surface area contributed by atoms with Gasteiger partial charge in [0, 0.05) is 37.6 Å². The van der Waals surface area contributed by atoms with E-state index in [0.29, 0.717) is 25.6 Å². The van der Waals surface area contributed by atoms with Gasteiger partial charge in [0.15, 0.2) is 0 Å². The number of nitrogens with zero attached hydrogens (tertiary/aromatic N) is 4. The average Bonchev–Trinajstić information content (AvgIpc) is 2.54. The Hall–Kier alpha value is -1.73. The van der Waals surface area contributed by atoms with E-state index in [9.17, 15) is 4.79 Å². The maximum absolute atomic E-state index is 12.7. The van der Waals surface area contributed by atoms with E-state index < -0.39 is 0 Å². The van der Waals surface area contributed by atoms with Gasteiger partial charge in [-0.1, -0.05) is 0 Å². The first kappa shape index (κ1) is 18.1. The Bertz CT molecular complexity index is 587. The molecule has 0 saturated carbocycles. The molecule has 0 aliphatic carbocycles. The molecular formula is C18H29N5O2. The third-order valence-corrected chi connectivity index (χ3v) is 4.76. The summed E-state index contributed by atoms with van der Waals surface area (Å²) in [5, 5.41) is 3.41. The molecule has 0 aromatic carbocycles. The number of piperidine rings is 1. The summed E-state index contributed by atoms with van der Waals surface area (Å²) in [5.74, 6) is 0.878. The number of hydrogen-bond donors (Lipinski definition) is 1. The second kappa shape index (κ2) is 8.10. The Morgan fingerprint density at radius 3 is 2.80 bits per heavy atom. The van der Waals surface area contributed by atoms with Crippen LogP contribution < -0.4 is 5.32 Å². The molecule has 2 aliphatic heterocycles. The summed E-state index contributed by atoms with van der Waals surface area (Å²) in [6.45, 7) is 9.69. The van der Waals surface area contributed by atoms with Gasteiger partial charge in [-0.25, -0.2) is 9.97 Å². The van der Waals surface area contributed by atoms with Crippen LogP contribution in [0.2, 0.25) is 0 Å². The highest BCUT2D eigenvalue weighted by molar-refractivity contribution is 5.78. The number of carbonyl (C=O) groups excluding carboxylic acids is 1. The first-order valence-corrected chi connectivity index (χ1v) is 9.21. The molecule has 7 nitrogen and oxygen atoms in total. The van der Waals surface area contributed by atoms with Gasteiger partial charge in [0.1, 0.15) is 0 Å². The fourth-order valence-electron chi connectivity index (χ4n) is 3.69. The fourth-order valence-corrected chi connectivity index (χ4v) is 3.69. The minimum absolute atomic E-state index is 0.113. The number of ether oxygens (including phenoxy) is 1. The van der Waals surface area contributed by atoms with Crippen LogP contribution in [-0.2, 0) is 9.53 Å². The molecule has 1 amide bonds. The number of hydrogen-bond acceptors (Lipinski definition) is 6. The van der Waals surface area contributed by atoms with Crippen molar-refractivity contribution in [3.63, 3.8) is 0 Å². The van der Waals surface area contributed by atoms with Gasteiger partial charge in [0.25, 0.3) is 0 Å². The van der Waals surface area contributed by atoms with Crippen molar-refractivity contribution < 1.29 is 9.53 Å². The third-order valence-electron chi connectivity index (χ3n) is 4.76. The minimum atomic E-state index is 0.113. The van der Waals surface area contributed by atoms with Gasteiger partial charge >= 0.3 is 0 Å². The number of aromatic nitrogens is 2. The van der Waals surface area contributed by atoms with Gasteiger partial charge in [0.05, 0.1) is 18.8 Å². The van der Waals surface area contributed by atoms with E-state index >= 15 is 0 Å². The number of morpholine rings is 1. The molecule has 0 bridgehead atoms. The summed E-state index contributed by atoms with van der Waals surface area (Å²) in [6.07, 6.45) is 4.15. The van der Waals surface area contributed by atoms with Crippen LogP contribution in [0.15, 0.2) is 12.3 Å². The lowest BCUT2D eigenvalue weighted by Gasteiger charge is -2.38. The normalized spacial score (nSPS) is 28.0. The van der Waals surface area contributed by atoms with Crippen molar-refractivity contribution in [1.29, 1.82) is 0 Å². The molecule has 1 aromatic heterocycles. The van der Waals surface area contributed by atoms with Crippen LogP contribution in [0.4, 0.5) is 5.95 Å². The maximum Gasteiger partial charge on any atom is 0.236 e. The average molecular weight is 347 g/mol. The van der Waals surface area contributed by atoms with E-state index in [0.717, 1.165) is 31.6 Å². The van der Waals surface area contributed by atoms with Gasteiger partial charge in [-0.15, -0.1) is 0 Å². The number of likely N-dealkylation sites (tertiary alicyclic amines) is 1. The maximum atomic E-state index is 12.7. The molecule has 3 rings (SSSR count). The van der Waals surface area contributed by atoms with Crippen LogP contribution in [0.5, 0.6) is 0 Å². The van der Waals surface area contributed by atoms with Gasteiger partial charge in [-0.05, 0) is 46.2 Å². The topological polar surface area (TPSA) is 70.6 Å². The quantitative estimate of drug-likeness (QED) is 0.885. The zero-order valence-electron chi connectivity index (χ0n) is 15.4. The Morgan fingerprint density at radius 2 is 2.08 bits per heavy atom. The van der Waals surface area contributed by atoms with E-state index in [2.05, 4.69) is 20.2 Å². The molecule has 0 radical (unpaired) electrons. The highest BCUT2D eigenvalue weighted by Gasteiger charge is 2.28. The lowest BCUT2D eigenvalue weighted by Crippen LogP contribution is -2.52. The molecule has 7 heteroatoms. The molecular weight excluding hydrogens is 318 g/mol. The number of amides is 1. The van der Waals surface area contributed by atoms with Crippen LogP contribution in [-0.4, -0.2) is 76.6 Å². The Balaban J connectivity index is 1.52. The lowest BCUT2D eigenvalue weighted by molar-refractivity contribution is -0.144. The number of carbonyl (C=O) groups is 1. The van der Waals surface area contributed by atoms with Crippen LogP contribution in [0.25, 0.3) is 0 Å². The number of aryl methyl sites for hydroxylation is 1. The van der Waals surface area contributed by atoms with Gasteiger partial charge < -0.3 is 15.0 Å². The molecule has 3 atom stereocenters. The summed E-state index contributed by atoms with van der Waals surface area (Å²) in [4.78, 5) is 25.5. The third kappa shape index (κ3) is 5.12. The smallest absolute Gasteiger partial charge is 0.236 e. The zero-order valence-corrected chi connectivity index (χ0v) is 15.4. The number of anilines is 1.